The predicted molar refractivity (Wildman–Crippen MR) is 94.9 cm³/mol. The van der Waals surface area contributed by atoms with E-state index in [9.17, 15) is 0 Å². The third-order valence-corrected chi connectivity index (χ3v) is 5.04. The third-order valence-electron chi connectivity index (χ3n) is 4.25. The normalized spacial score (nSPS) is 18.3. The van der Waals surface area contributed by atoms with Crippen LogP contribution in [0.15, 0.2) is 24.5 Å². The van der Waals surface area contributed by atoms with Crippen LogP contribution < -0.4 is 4.90 Å². The minimum absolute atomic E-state index is 0.406. The summed E-state index contributed by atoms with van der Waals surface area (Å²) in [7, 11) is 2.19. The molecule has 1 saturated heterocycles. The Hall–Kier alpha value is -1.53. The highest BCUT2D eigenvalue weighted by Crippen LogP contribution is 2.27. The molecule has 6 heteroatoms. The van der Waals surface area contributed by atoms with Gasteiger partial charge in [0.05, 0.1) is 0 Å². The van der Waals surface area contributed by atoms with Crippen LogP contribution in [0.4, 0.5) is 5.13 Å². The summed E-state index contributed by atoms with van der Waals surface area (Å²) < 4.78 is 4.47. The monoisotopic (exact) mass is 331 g/mol. The number of aromatic nitrogens is 3. The van der Waals surface area contributed by atoms with Crippen molar-refractivity contribution < 1.29 is 0 Å². The van der Waals surface area contributed by atoms with Crippen molar-refractivity contribution >= 4 is 16.7 Å². The summed E-state index contributed by atoms with van der Waals surface area (Å²) in [5.74, 6) is 2.08. The topological polar surface area (TPSA) is 45.2 Å². The maximum absolute atomic E-state index is 4.68. The Morgan fingerprint density at radius 3 is 3.00 bits per heavy atom. The highest BCUT2D eigenvalue weighted by molar-refractivity contribution is 7.09. The summed E-state index contributed by atoms with van der Waals surface area (Å²) in [6.45, 7) is 8.54. The lowest BCUT2D eigenvalue weighted by molar-refractivity contribution is 0.279. The van der Waals surface area contributed by atoms with Crippen LogP contribution in [-0.2, 0) is 6.54 Å². The van der Waals surface area contributed by atoms with Gasteiger partial charge in [-0.05, 0) is 31.0 Å². The Labute approximate surface area is 142 Å². The molecule has 124 valence electrons. The zero-order valence-corrected chi connectivity index (χ0v) is 15.0. The van der Waals surface area contributed by atoms with E-state index in [4.69, 9.17) is 0 Å². The van der Waals surface area contributed by atoms with Crippen LogP contribution in [0.2, 0.25) is 0 Å². The number of anilines is 1. The molecule has 0 unspecified atom stereocenters. The Kier molecular flexibility index (Phi) is 5.23. The molecule has 0 aliphatic carbocycles. The van der Waals surface area contributed by atoms with Crippen molar-refractivity contribution in [1.29, 1.82) is 0 Å². The first-order valence-corrected chi connectivity index (χ1v) is 9.05. The average Bonchev–Trinajstić information content (AvgIpc) is 3.16. The molecule has 1 aliphatic heterocycles. The Bertz CT molecular complexity index is 612. The van der Waals surface area contributed by atoms with Crippen LogP contribution in [0.25, 0.3) is 0 Å². The predicted octanol–water partition coefficient (Wildman–Crippen LogP) is 3.01. The Morgan fingerprint density at radius 2 is 2.30 bits per heavy atom. The van der Waals surface area contributed by atoms with Gasteiger partial charge in [0.15, 0.2) is 0 Å². The van der Waals surface area contributed by atoms with Gasteiger partial charge in [0.25, 0.3) is 0 Å². The maximum Gasteiger partial charge on any atom is 0.205 e. The van der Waals surface area contributed by atoms with Crippen LogP contribution in [0, 0.1) is 5.92 Å². The molecule has 2 aromatic rings. The maximum atomic E-state index is 4.68. The molecule has 0 bridgehead atoms. The van der Waals surface area contributed by atoms with Gasteiger partial charge >= 0.3 is 0 Å². The summed E-state index contributed by atoms with van der Waals surface area (Å²) in [5.41, 5.74) is 1.27. The summed E-state index contributed by atoms with van der Waals surface area (Å²) >= 11 is 1.54. The number of pyridine rings is 1. The van der Waals surface area contributed by atoms with Gasteiger partial charge in [-0.2, -0.15) is 4.37 Å². The van der Waals surface area contributed by atoms with Crippen molar-refractivity contribution in [2.75, 3.05) is 31.6 Å². The third kappa shape index (κ3) is 4.26. The lowest BCUT2D eigenvalue weighted by Crippen LogP contribution is -2.28. The molecule has 2 aromatic heterocycles. The molecule has 1 aliphatic rings. The van der Waals surface area contributed by atoms with Crippen LogP contribution in [-0.4, -0.2) is 45.9 Å². The van der Waals surface area contributed by atoms with Crippen LogP contribution in [0.1, 0.15) is 37.6 Å². The van der Waals surface area contributed by atoms with Gasteiger partial charge in [0.2, 0.25) is 5.13 Å². The fourth-order valence-corrected chi connectivity index (χ4v) is 3.90. The molecule has 0 spiro atoms. The Balaban J connectivity index is 1.51. The number of nitrogens with zero attached hydrogens (tertiary/aromatic N) is 5. The van der Waals surface area contributed by atoms with E-state index >= 15 is 0 Å². The van der Waals surface area contributed by atoms with Gasteiger partial charge < -0.3 is 9.80 Å². The van der Waals surface area contributed by atoms with E-state index in [0.29, 0.717) is 11.8 Å². The molecular formula is C17H25N5S. The highest BCUT2D eigenvalue weighted by Gasteiger charge is 2.26. The van der Waals surface area contributed by atoms with Crippen LogP contribution in [0.3, 0.4) is 0 Å². The molecule has 0 aromatic carbocycles. The van der Waals surface area contributed by atoms with Crippen molar-refractivity contribution in [3.63, 3.8) is 0 Å². The first-order valence-electron chi connectivity index (χ1n) is 8.28. The molecule has 0 radical (unpaired) electrons. The van der Waals surface area contributed by atoms with Crippen molar-refractivity contribution in [2.24, 2.45) is 5.92 Å². The van der Waals surface area contributed by atoms with E-state index in [-0.39, 0.29) is 0 Å². The highest BCUT2D eigenvalue weighted by atomic mass is 32.1. The molecule has 0 N–H and O–H groups in total. The second-order valence-corrected chi connectivity index (χ2v) is 7.48. The minimum atomic E-state index is 0.406. The largest absolute Gasteiger partial charge is 0.347 e. The fraction of sp³-hybridized carbons (Fsp3) is 0.588. The number of rotatable bonds is 6. The summed E-state index contributed by atoms with van der Waals surface area (Å²) in [5, 5.41) is 1.09. The Morgan fingerprint density at radius 1 is 1.43 bits per heavy atom. The zero-order chi connectivity index (χ0) is 16.2. The smallest absolute Gasteiger partial charge is 0.205 e. The SMILES string of the molecule is CC(C)c1nsc(N2CC[C@@H](CN(C)Cc3cccnc3)C2)n1. The van der Waals surface area contributed by atoms with Crippen molar-refractivity contribution in [3.05, 3.63) is 35.9 Å². The summed E-state index contributed by atoms with van der Waals surface area (Å²) in [4.78, 5) is 13.7. The zero-order valence-electron chi connectivity index (χ0n) is 14.1. The molecule has 1 fully saturated rings. The second-order valence-electron chi connectivity index (χ2n) is 6.75. The number of hydrogen-bond acceptors (Lipinski definition) is 6. The minimum Gasteiger partial charge on any atom is -0.347 e. The molecule has 0 saturated carbocycles. The number of hydrogen-bond donors (Lipinski definition) is 0. The van der Waals surface area contributed by atoms with Crippen molar-refractivity contribution in [3.8, 4) is 0 Å². The summed E-state index contributed by atoms with van der Waals surface area (Å²) in [6.07, 6.45) is 5.01. The van der Waals surface area contributed by atoms with Gasteiger partial charge in [-0.15, -0.1) is 0 Å². The lowest BCUT2D eigenvalue weighted by Gasteiger charge is -2.21. The van der Waals surface area contributed by atoms with E-state index in [1.165, 1.54) is 12.0 Å². The van der Waals surface area contributed by atoms with Gasteiger partial charge in [-0.3, -0.25) is 4.98 Å². The molecule has 3 heterocycles. The van der Waals surface area contributed by atoms with E-state index in [0.717, 1.165) is 37.1 Å². The van der Waals surface area contributed by atoms with Gasteiger partial charge in [-0.25, -0.2) is 4.98 Å². The van der Waals surface area contributed by atoms with E-state index < -0.39 is 0 Å². The van der Waals surface area contributed by atoms with E-state index in [1.807, 2.05) is 18.5 Å². The molecule has 23 heavy (non-hydrogen) atoms. The summed E-state index contributed by atoms with van der Waals surface area (Å²) in [6, 6.07) is 4.14. The second kappa shape index (κ2) is 7.36. The molecule has 1 atom stereocenters. The first-order chi connectivity index (χ1) is 11.1. The van der Waals surface area contributed by atoms with Crippen molar-refractivity contribution in [1.82, 2.24) is 19.2 Å². The fourth-order valence-electron chi connectivity index (χ4n) is 3.05. The van der Waals surface area contributed by atoms with Gasteiger partial charge in [-0.1, -0.05) is 19.9 Å². The lowest BCUT2D eigenvalue weighted by atomic mass is 10.1. The van der Waals surface area contributed by atoms with Crippen LogP contribution in [0.5, 0.6) is 0 Å². The first kappa shape index (κ1) is 16.3. The van der Waals surface area contributed by atoms with E-state index in [2.05, 4.69) is 51.1 Å². The average molecular weight is 331 g/mol. The molecule has 0 amide bonds. The van der Waals surface area contributed by atoms with E-state index in [1.54, 1.807) is 11.5 Å². The molecule has 3 rings (SSSR count). The van der Waals surface area contributed by atoms with Crippen LogP contribution >= 0.6 is 11.5 Å². The molecule has 5 nitrogen and oxygen atoms in total. The van der Waals surface area contributed by atoms with Gasteiger partial charge in [0.1, 0.15) is 5.82 Å². The van der Waals surface area contributed by atoms with Gasteiger partial charge in [0, 0.05) is 56.0 Å². The quantitative estimate of drug-likeness (QED) is 0.814. The van der Waals surface area contributed by atoms with Crippen molar-refractivity contribution in [2.45, 2.75) is 32.7 Å². The standard InChI is InChI=1S/C17H25N5S/c1-13(2)16-19-17(23-20-16)22-8-6-15(12-22)11-21(3)10-14-5-4-7-18-9-14/h4-5,7,9,13,15H,6,8,10-12H2,1-3H3/t15-/m0/s1. The molecular weight excluding hydrogens is 306 g/mol.